The molecule has 0 fully saturated rings. The summed E-state index contributed by atoms with van der Waals surface area (Å²) in [5.41, 5.74) is 6.68. The maximum atomic E-state index is 12.2. The Kier molecular flexibility index (Phi) is 9.44. The largest absolute Gasteiger partial charge is 0.508 e. The maximum absolute atomic E-state index is 12.2. The van der Waals surface area contributed by atoms with Crippen LogP contribution in [0.5, 0.6) is 5.75 Å². The number of phenolic OH excluding ortho intramolecular Hbond substituents is 1. The quantitative estimate of drug-likeness (QED) is 0.394. The van der Waals surface area contributed by atoms with Crippen LogP contribution in [-0.2, 0) is 20.8 Å². The summed E-state index contributed by atoms with van der Waals surface area (Å²) in [6, 6.07) is 4.76. The molecule has 1 rings (SSSR count). The highest BCUT2D eigenvalue weighted by molar-refractivity contribution is 5.91. The number of carbonyl (C=O) groups is 3. The molecule has 0 saturated carbocycles. The molecule has 1 aromatic carbocycles. The number of benzene rings is 1. The predicted molar refractivity (Wildman–Crippen MR) is 107 cm³/mol. The normalized spacial score (nSPS) is 14.1. The van der Waals surface area contributed by atoms with E-state index in [0.29, 0.717) is 5.92 Å². The van der Waals surface area contributed by atoms with Gasteiger partial charge in [-0.2, -0.15) is 0 Å². The molecule has 0 heterocycles. The summed E-state index contributed by atoms with van der Waals surface area (Å²) in [5.74, 6) is -0.604. The first-order valence-electron chi connectivity index (χ1n) is 9.49. The van der Waals surface area contributed by atoms with E-state index in [2.05, 4.69) is 29.8 Å². The Bertz CT molecular complexity index is 661. The highest BCUT2D eigenvalue weighted by atomic mass is 16.3. The highest BCUT2D eigenvalue weighted by Crippen LogP contribution is 2.11. The van der Waals surface area contributed by atoms with E-state index in [1.807, 2.05) is 6.92 Å². The zero-order chi connectivity index (χ0) is 21.3. The fourth-order valence-electron chi connectivity index (χ4n) is 2.78. The van der Waals surface area contributed by atoms with Gasteiger partial charge in [-0.15, -0.1) is 0 Å². The van der Waals surface area contributed by atoms with E-state index in [-0.39, 0.29) is 30.7 Å². The van der Waals surface area contributed by atoms with Gasteiger partial charge in [0.15, 0.2) is 0 Å². The van der Waals surface area contributed by atoms with Gasteiger partial charge in [0.25, 0.3) is 0 Å². The monoisotopic (exact) mass is 392 g/mol. The minimum atomic E-state index is -0.833. The Balaban J connectivity index is 2.38. The van der Waals surface area contributed by atoms with Crippen molar-refractivity contribution in [1.82, 2.24) is 16.0 Å². The first-order valence-corrected chi connectivity index (χ1v) is 9.49. The van der Waals surface area contributed by atoms with Crippen LogP contribution in [-0.4, -0.2) is 47.5 Å². The third kappa shape index (κ3) is 8.85. The smallest absolute Gasteiger partial charge is 0.242 e. The average molecular weight is 393 g/mol. The van der Waals surface area contributed by atoms with Crippen LogP contribution in [0.2, 0.25) is 0 Å². The summed E-state index contributed by atoms with van der Waals surface area (Å²) in [6.45, 7) is 7.43. The molecule has 6 N–H and O–H groups in total. The van der Waals surface area contributed by atoms with Crippen molar-refractivity contribution in [3.63, 3.8) is 0 Å². The zero-order valence-electron chi connectivity index (χ0n) is 17.0. The van der Waals surface area contributed by atoms with Crippen molar-refractivity contribution in [2.75, 3.05) is 6.54 Å². The van der Waals surface area contributed by atoms with Crippen molar-refractivity contribution < 1.29 is 19.5 Å². The fraction of sp³-hybridized carbons (Fsp3) is 0.550. The number of nitrogens with two attached hydrogens (primary N) is 1. The number of hydrogen-bond donors (Lipinski definition) is 5. The molecule has 0 aromatic heterocycles. The van der Waals surface area contributed by atoms with Crippen LogP contribution in [0.25, 0.3) is 0 Å². The molecule has 0 saturated heterocycles. The van der Waals surface area contributed by atoms with E-state index in [4.69, 9.17) is 5.73 Å². The molecule has 3 amide bonds. The number of carbonyl (C=O) groups excluding carboxylic acids is 3. The second-order valence-electron chi connectivity index (χ2n) is 7.52. The van der Waals surface area contributed by atoms with Crippen molar-refractivity contribution in [2.24, 2.45) is 11.7 Å². The van der Waals surface area contributed by atoms with E-state index in [1.54, 1.807) is 12.1 Å². The Hall–Kier alpha value is -2.61. The van der Waals surface area contributed by atoms with Crippen molar-refractivity contribution in [3.05, 3.63) is 29.8 Å². The lowest BCUT2D eigenvalue weighted by atomic mass is 10.1. The molecule has 1 unspecified atom stereocenters. The molecule has 0 spiro atoms. The van der Waals surface area contributed by atoms with Gasteiger partial charge in [0.2, 0.25) is 17.7 Å². The van der Waals surface area contributed by atoms with Crippen LogP contribution in [0.15, 0.2) is 24.3 Å². The van der Waals surface area contributed by atoms with Crippen LogP contribution >= 0.6 is 0 Å². The van der Waals surface area contributed by atoms with Crippen LogP contribution < -0.4 is 21.7 Å². The summed E-state index contributed by atoms with van der Waals surface area (Å²) >= 11 is 0. The van der Waals surface area contributed by atoms with Gasteiger partial charge in [-0.1, -0.05) is 26.0 Å². The van der Waals surface area contributed by atoms with E-state index >= 15 is 0 Å². The summed E-state index contributed by atoms with van der Waals surface area (Å²) in [5, 5.41) is 17.1. The third-order valence-corrected chi connectivity index (χ3v) is 4.14. The molecule has 156 valence electrons. The molecule has 8 nitrogen and oxygen atoms in total. The lowest BCUT2D eigenvalue weighted by Crippen LogP contribution is -2.52. The first kappa shape index (κ1) is 23.4. The molecular formula is C20H32N4O4. The van der Waals surface area contributed by atoms with Crippen molar-refractivity contribution in [2.45, 2.75) is 58.7 Å². The van der Waals surface area contributed by atoms with Gasteiger partial charge in [0.05, 0.1) is 12.6 Å². The number of aromatic hydroxyl groups is 1. The summed E-state index contributed by atoms with van der Waals surface area (Å²) in [6.07, 6.45) is 1.13. The number of rotatable bonds is 10. The SMILES string of the molecule is CC(C)CC(C)NC(=O)CNC(=O)[C@H](C)NC(=O)[C@@H](N)Cc1ccc(O)cc1. The van der Waals surface area contributed by atoms with E-state index in [1.165, 1.54) is 19.1 Å². The second kappa shape index (κ2) is 11.3. The van der Waals surface area contributed by atoms with Gasteiger partial charge in [-0.05, 0) is 50.3 Å². The Morgan fingerprint density at radius 3 is 2.18 bits per heavy atom. The molecule has 3 atom stereocenters. The van der Waals surface area contributed by atoms with E-state index in [0.717, 1.165) is 12.0 Å². The van der Waals surface area contributed by atoms with Gasteiger partial charge in [0.1, 0.15) is 11.8 Å². The van der Waals surface area contributed by atoms with Crippen LogP contribution in [0, 0.1) is 5.92 Å². The molecule has 0 aliphatic carbocycles. The fourth-order valence-corrected chi connectivity index (χ4v) is 2.78. The number of amides is 3. The van der Waals surface area contributed by atoms with Crippen LogP contribution in [0.4, 0.5) is 0 Å². The number of hydrogen-bond acceptors (Lipinski definition) is 5. The van der Waals surface area contributed by atoms with Crippen molar-refractivity contribution in [1.29, 1.82) is 0 Å². The second-order valence-corrected chi connectivity index (χ2v) is 7.52. The van der Waals surface area contributed by atoms with Gasteiger partial charge < -0.3 is 26.8 Å². The maximum Gasteiger partial charge on any atom is 0.242 e. The molecular weight excluding hydrogens is 360 g/mol. The minimum absolute atomic E-state index is 0.0272. The lowest BCUT2D eigenvalue weighted by molar-refractivity contribution is -0.130. The third-order valence-electron chi connectivity index (χ3n) is 4.14. The minimum Gasteiger partial charge on any atom is -0.508 e. The predicted octanol–water partition coefficient (Wildman–Crippen LogP) is 0.434. The van der Waals surface area contributed by atoms with Gasteiger partial charge in [-0.25, -0.2) is 0 Å². The zero-order valence-corrected chi connectivity index (χ0v) is 17.0. The Morgan fingerprint density at radius 1 is 1.00 bits per heavy atom. The van der Waals surface area contributed by atoms with Crippen molar-refractivity contribution in [3.8, 4) is 5.75 Å². The van der Waals surface area contributed by atoms with Crippen molar-refractivity contribution >= 4 is 17.7 Å². The average Bonchev–Trinajstić information content (AvgIpc) is 2.60. The van der Waals surface area contributed by atoms with Crippen LogP contribution in [0.1, 0.15) is 39.7 Å². The molecule has 0 bridgehead atoms. The van der Waals surface area contributed by atoms with E-state index < -0.39 is 23.9 Å². The molecule has 1 aromatic rings. The topological polar surface area (TPSA) is 134 Å². The van der Waals surface area contributed by atoms with Crippen LogP contribution in [0.3, 0.4) is 0 Å². The Labute approximate surface area is 166 Å². The standard InChI is InChI=1S/C20H32N4O4/c1-12(2)9-13(3)23-18(26)11-22-19(27)14(4)24-20(28)17(21)10-15-5-7-16(25)8-6-15/h5-8,12-14,17,25H,9-11,21H2,1-4H3,(H,22,27)(H,23,26)(H,24,28)/t13?,14-,17-/m0/s1. The Morgan fingerprint density at radius 2 is 1.61 bits per heavy atom. The van der Waals surface area contributed by atoms with E-state index in [9.17, 15) is 19.5 Å². The molecule has 0 aliphatic rings. The van der Waals surface area contributed by atoms with Gasteiger partial charge >= 0.3 is 0 Å². The molecule has 0 aliphatic heterocycles. The summed E-state index contributed by atoms with van der Waals surface area (Å²) < 4.78 is 0. The lowest BCUT2D eigenvalue weighted by Gasteiger charge is -2.19. The number of phenols is 1. The number of nitrogens with one attached hydrogen (secondary N) is 3. The molecule has 28 heavy (non-hydrogen) atoms. The highest BCUT2D eigenvalue weighted by Gasteiger charge is 2.21. The van der Waals surface area contributed by atoms with Gasteiger partial charge in [-0.3, -0.25) is 14.4 Å². The summed E-state index contributed by atoms with van der Waals surface area (Å²) in [4.78, 5) is 36.1. The van der Waals surface area contributed by atoms with Gasteiger partial charge in [0, 0.05) is 6.04 Å². The first-order chi connectivity index (χ1) is 13.1. The molecule has 8 heteroatoms. The summed E-state index contributed by atoms with van der Waals surface area (Å²) in [7, 11) is 0. The molecule has 0 radical (unpaired) electrons.